The Morgan fingerprint density at radius 2 is 1.61 bits per heavy atom. The summed E-state index contributed by atoms with van der Waals surface area (Å²) in [6.07, 6.45) is 1.26. The molecule has 5 rings (SSSR count). The zero-order chi connectivity index (χ0) is 19.3. The van der Waals surface area contributed by atoms with Crippen LogP contribution < -0.4 is 0 Å². The summed E-state index contributed by atoms with van der Waals surface area (Å²) in [5, 5.41) is 9.38. The van der Waals surface area contributed by atoms with Crippen LogP contribution in [0.15, 0.2) is 48.5 Å². The molecule has 5 heteroatoms. The third-order valence-electron chi connectivity index (χ3n) is 6.64. The molecule has 0 radical (unpaired) electrons. The van der Waals surface area contributed by atoms with Crippen molar-refractivity contribution >= 4 is 12.1 Å². The smallest absolute Gasteiger partial charge is 0.409 e. The van der Waals surface area contributed by atoms with E-state index in [2.05, 4.69) is 24.3 Å². The molecule has 3 atom stereocenters. The van der Waals surface area contributed by atoms with Gasteiger partial charge in [0, 0.05) is 19.0 Å². The molecule has 2 fully saturated rings. The molecule has 5 nitrogen and oxygen atoms in total. The normalized spacial score (nSPS) is 25.3. The number of rotatable bonds is 3. The minimum atomic E-state index is -0.734. The second-order valence-electron chi connectivity index (χ2n) is 8.25. The molecule has 1 saturated heterocycles. The molecule has 2 bridgehead atoms. The van der Waals surface area contributed by atoms with Crippen LogP contribution in [-0.2, 0) is 9.53 Å². The van der Waals surface area contributed by atoms with E-state index in [9.17, 15) is 14.7 Å². The summed E-state index contributed by atoms with van der Waals surface area (Å²) in [4.78, 5) is 25.9. The standard InChI is InChI=1S/C23H23NO4/c25-22(26)20-10-14-9-15(20)12-24(11-14)23(27)28-13-21-18-7-3-1-5-16(18)17-6-2-4-8-19(17)21/h1-8,14-15,20-21H,9-13H2,(H,25,26)/t14-,15-,20+/m0/s1. The number of carbonyl (C=O) groups is 2. The molecule has 0 aromatic heterocycles. The molecule has 28 heavy (non-hydrogen) atoms. The summed E-state index contributed by atoms with van der Waals surface area (Å²) in [7, 11) is 0. The fraction of sp³-hybridized carbons (Fsp3) is 0.391. The number of benzene rings is 2. The minimum absolute atomic E-state index is 0.0460. The van der Waals surface area contributed by atoms with Crippen molar-refractivity contribution in [1.82, 2.24) is 4.90 Å². The van der Waals surface area contributed by atoms with Crippen LogP contribution in [-0.4, -0.2) is 41.8 Å². The Balaban J connectivity index is 1.30. The molecule has 2 aliphatic carbocycles. The number of ether oxygens (including phenoxy) is 1. The molecular weight excluding hydrogens is 354 g/mol. The summed E-state index contributed by atoms with van der Waals surface area (Å²) < 4.78 is 5.74. The maximum absolute atomic E-state index is 12.7. The maximum Gasteiger partial charge on any atom is 0.409 e. The molecule has 1 N–H and O–H groups in total. The van der Waals surface area contributed by atoms with Crippen molar-refractivity contribution in [2.75, 3.05) is 19.7 Å². The van der Waals surface area contributed by atoms with Crippen LogP contribution in [0.1, 0.15) is 29.9 Å². The van der Waals surface area contributed by atoms with Gasteiger partial charge in [-0.2, -0.15) is 0 Å². The van der Waals surface area contributed by atoms with Gasteiger partial charge in [-0.25, -0.2) is 4.79 Å². The molecule has 144 valence electrons. The first kappa shape index (κ1) is 17.3. The third-order valence-corrected chi connectivity index (χ3v) is 6.64. The van der Waals surface area contributed by atoms with Gasteiger partial charge < -0.3 is 14.7 Å². The number of carboxylic acid groups (broad SMARTS) is 1. The molecule has 3 aliphatic rings. The van der Waals surface area contributed by atoms with Gasteiger partial charge in [-0.1, -0.05) is 48.5 Å². The van der Waals surface area contributed by atoms with Crippen LogP contribution in [0.2, 0.25) is 0 Å². The van der Waals surface area contributed by atoms with Gasteiger partial charge in [-0.05, 0) is 46.9 Å². The van der Waals surface area contributed by atoms with E-state index in [0.29, 0.717) is 26.1 Å². The first-order valence-electron chi connectivity index (χ1n) is 9.94. The minimum Gasteiger partial charge on any atom is -0.481 e. The Hall–Kier alpha value is -2.82. The summed E-state index contributed by atoms with van der Waals surface area (Å²) >= 11 is 0. The number of carbonyl (C=O) groups excluding carboxylic acids is 1. The number of nitrogens with zero attached hydrogens (tertiary/aromatic N) is 1. The number of carboxylic acids is 1. The molecule has 2 aromatic carbocycles. The van der Waals surface area contributed by atoms with Crippen molar-refractivity contribution in [2.24, 2.45) is 17.8 Å². The van der Waals surface area contributed by atoms with E-state index in [1.807, 2.05) is 24.3 Å². The van der Waals surface area contributed by atoms with Crippen LogP contribution in [0, 0.1) is 17.8 Å². The number of piperidine rings is 1. The second-order valence-corrected chi connectivity index (χ2v) is 8.25. The van der Waals surface area contributed by atoms with Crippen LogP contribution in [0.25, 0.3) is 11.1 Å². The Labute approximate surface area is 163 Å². The fourth-order valence-corrected chi connectivity index (χ4v) is 5.40. The summed E-state index contributed by atoms with van der Waals surface area (Å²) in [5.74, 6) is -0.681. The van der Waals surface area contributed by atoms with Crippen molar-refractivity contribution in [3.05, 3.63) is 59.7 Å². The van der Waals surface area contributed by atoms with Crippen molar-refractivity contribution in [2.45, 2.75) is 18.8 Å². The summed E-state index contributed by atoms with van der Waals surface area (Å²) in [5.41, 5.74) is 4.81. The Kier molecular flexibility index (Phi) is 4.11. The zero-order valence-corrected chi connectivity index (χ0v) is 15.6. The predicted molar refractivity (Wildman–Crippen MR) is 104 cm³/mol. The quantitative estimate of drug-likeness (QED) is 0.879. The highest BCUT2D eigenvalue weighted by Gasteiger charge is 2.45. The van der Waals surface area contributed by atoms with E-state index < -0.39 is 5.97 Å². The molecule has 1 aliphatic heterocycles. The van der Waals surface area contributed by atoms with Gasteiger partial charge in [0.25, 0.3) is 0 Å². The van der Waals surface area contributed by atoms with E-state index in [1.165, 1.54) is 22.3 Å². The molecule has 1 saturated carbocycles. The van der Waals surface area contributed by atoms with Gasteiger partial charge in [-0.15, -0.1) is 0 Å². The number of likely N-dealkylation sites (tertiary alicyclic amines) is 1. The predicted octanol–water partition coefficient (Wildman–Crippen LogP) is 3.98. The first-order chi connectivity index (χ1) is 13.6. The molecule has 0 spiro atoms. The number of aliphatic carboxylic acids is 1. The molecule has 1 heterocycles. The Morgan fingerprint density at radius 3 is 2.25 bits per heavy atom. The highest BCUT2D eigenvalue weighted by Crippen LogP contribution is 2.45. The average Bonchev–Trinajstić information content (AvgIpc) is 3.20. The Bertz CT molecular complexity index is 894. The maximum atomic E-state index is 12.7. The molecular formula is C23H23NO4. The number of fused-ring (bicyclic) bond motifs is 5. The SMILES string of the molecule is O=C(O)[C@@H]1C[C@@H]2C[C@H]1CN(C(=O)OCC1c3ccccc3-c3ccccc31)C2. The van der Waals surface area contributed by atoms with Gasteiger partial charge >= 0.3 is 12.1 Å². The van der Waals surface area contributed by atoms with Crippen molar-refractivity contribution in [1.29, 1.82) is 0 Å². The van der Waals surface area contributed by atoms with Crippen molar-refractivity contribution in [3.63, 3.8) is 0 Å². The van der Waals surface area contributed by atoms with Gasteiger partial charge in [0.1, 0.15) is 6.61 Å². The van der Waals surface area contributed by atoms with E-state index in [-0.39, 0.29) is 29.8 Å². The first-order valence-corrected chi connectivity index (χ1v) is 9.94. The topological polar surface area (TPSA) is 66.8 Å². The van der Waals surface area contributed by atoms with Crippen molar-refractivity contribution < 1.29 is 19.4 Å². The molecule has 2 aromatic rings. The van der Waals surface area contributed by atoms with Crippen LogP contribution in [0.5, 0.6) is 0 Å². The molecule has 1 amide bonds. The summed E-state index contributed by atoms with van der Waals surface area (Å²) in [6, 6.07) is 16.5. The van der Waals surface area contributed by atoms with Gasteiger partial charge in [0.05, 0.1) is 5.92 Å². The van der Waals surface area contributed by atoms with Crippen LogP contribution in [0.4, 0.5) is 4.79 Å². The molecule has 0 unspecified atom stereocenters. The lowest BCUT2D eigenvalue weighted by Crippen LogP contribution is -2.42. The number of amides is 1. The summed E-state index contributed by atoms with van der Waals surface area (Å²) in [6.45, 7) is 1.40. The van der Waals surface area contributed by atoms with E-state index >= 15 is 0 Å². The fourth-order valence-electron chi connectivity index (χ4n) is 5.40. The van der Waals surface area contributed by atoms with E-state index in [0.717, 1.165) is 6.42 Å². The zero-order valence-electron chi connectivity index (χ0n) is 15.6. The lowest BCUT2D eigenvalue weighted by Gasteiger charge is -2.31. The van der Waals surface area contributed by atoms with Gasteiger partial charge in [0.15, 0.2) is 0 Å². The van der Waals surface area contributed by atoms with Gasteiger partial charge in [0.2, 0.25) is 0 Å². The second kappa shape index (κ2) is 6.66. The highest BCUT2D eigenvalue weighted by molar-refractivity contribution is 5.79. The highest BCUT2D eigenvalue weighted by atomic mass is 16.6. The van der Waals surface area contributed by atoms with E-state index in [4.69, 9.17) is 4.74 Å². The lowest BCUT2D eigenvalue weighted by molar-refractivity contribution is -0.143. The largest absolute Gasteiger partial charge is 0.481 e. The Morgan fingerprint density at radius 1 is 0.964 bits per heavy atom. The number of hydrogen-bond acceptors (Lipinski definition) is 3. The average molecular weight is 377 g/mol. The van der Waals surface area contributed by atoms with E-state index in [1.54, 1.807) is 4.90 Å². The van der Waals surface area contributed by atoms with Crippen molar-refractivity contribution in [3.8, 4) is 11.1 Å². The van der Waals surface area contributed by atoms with Crippen LogP contribution >= 0.6 is 0 Å². The van der Waals surface area contributed by atoms with Gasteiger partial charge in [-0.3, -0.25) is 4.79 Å². The monoisotopic (exact) mass is 377 g/mol. The van der Waals surface area contributed by atoms with Crippen LogP contribution in [0.3, 0.4) is 0 Å². The lowest BCUT2D eigenvalue weighted by atomic mass is 9.94. The number of hydrogen-bond donors (Lipinski definition) is 1. The third kappa shape index (κ3) is 2.77.